The molecule has 5 nitrogen and oxygen atoms in total. The van der Waals surface area contributed by atoms with Crippen LogP contribution < -0.4 is 0 Å². The van der Waals surface area contributed by atoms with E-state index in [1.54, 1.807) is 0 Å². The summed E-state index contributed by atoms with van der Waals surface area (Å²) in [6, 6.07) is 2.29. The Hall–Kier alpha value is -2.04. The van der Waals surface area contributed by atoms with Gasteiger partial charge in [0.2, 0.25) is 0 Å². The Bertz CT molecular complexity index is 522. The van der Waals surface area contributed by atoms with Crippen LogP contribution in [0.4, 0.5) is 0 Å². The zero-order valence-corrected chi connectivity index (χ0v) is 13.0. The molecule has 0 radical (unpaired) electrons. The first-order chi connectivity index (χ1) is 10.5. The second-order valence-corrected chi connectivity index (χ2v) is 5.51. The normalized spacial score (nSPS) is 10.6. The number of carboxylic acids is 1. The molecule has 1 aromatic carbocycles. The van der Waals surface area contributed by atoms with Crippen LogP contribution in [0.3, 0.4) is 0 Å². The van der Waals surface area contributed by atoms with E-state index in [9.17, 15) is 19.8 Å². The van der Waals surface area contributed by atoms with Gasteiger partial charge in [0.15, 0.2) is 5.78 Å². The molecule has 5 heteroatoms. The minimum atomic E-state index is -1.11. The molecule has 0 saturated carbocycles. The standard InChI is InChI=1S/C17H24O5/c1-2-3-4-5-6-7-8-14(19)17-12(10-16(21)22)9-13(18)11-15(17)20/h9,11,18,20H,2-8,10H2,1H3,(H,21,22). The van der Waals surface area contributed by atoms with Gasteiger partial charge in [-0.25, -0.2) is 0 Å². The highest BCUT2D eigenvalue weighted by Gasteiger charge is 2.19. The zero-order chi connectivity index (χ0) is 16.5. The van der Waals surface area contributed by atoms with E-state index in [1.165, 1.54) is 18.9 Å². The van der Waals surface area contributed by atoms with Gasteiger partial charge in [0.05, 0.1) is 12.0 Å². The number of carbonyl (C=O) groups is 2. The molecule has 22 heavy (non-hydrogen) atoms. The van der Waals surface area contributed by atoms with Crippen molar-refractivity contribution in [3.05, 3.63) is 23.3 Å². The summed E-state index contributed by atoms with van der Waals surface area (Å²) in [6.07, 6.45) is 6.11. The van der Waals surface area contributed by atoms with E-state index in [4.69, 9.17) is 5.11 Å². The van der Waals surface area contributed by atoms with E-state index in [2.05, 4.69) is 6.92 Å². The number of phenols is 2. The molecule has 0 amide bonds. The molecule has 0 unspecified atom stereocenters. The highest BCUT2D eigenvalue weighted by atomic mass is 16.4. The van der Waals surface area contributed by atoms with Crippen LogP contribution in [0, 0.1) is 0 Å². The van der Waals surface area contributed by atoms with Gasteiger partial charge in [-0.05, 0) is 18.1 Å². The summed E-state index contributed by atoms with van der Waals surface area (Å²) in [7, 11) is 0. The third-order valence-corrected chi connectivity index (χ3v) is 3.56. The van der Waals surface area contributed by atoms with Crippen LogP contribution in [0.5, 0.6) is 11.5 Å². The first kappa shape index (κ1) is 18.0. The molecule has 0 bridgehead atoms. The van der Waals surface area contributed by atoms with Crippen LogP contribution in [0.25, 0.3) is 0 Å². The van der Waals surface area contributed by atoms with Crippen molar-refractivity contribution in [2.24, 2.45) is 0 Å². The Morgan fingerprint density at radius 1 is 1.00 bits per heavy atom. The molecule has 0 aliphatic carbocycles. The average Bonchev–Trinajstić information content (AvgIpc) is 2.41. The summed E-state index contributed by atoms with van der Waals surface area (Å²) in [4.78, 5) is 23.1. The van der Waals surface area contributed by atoms with Gasteiger partial charge < -0.3 is 15.3 Å². The van der Waals surface area contributed by atoms with Gasteiger partial charge in [0, 0.05) is 12.5 Å². The molecule has 0 aromatic heterocycles. The van der Waals surface area contributed by atoms with Crippen LogP contribution >= 0.6 is 0 Å². The van der Waals surface area contributed by atoms with E-state index in [-0.39, 0.29) is 34.8 Å². The minimum Gasteiger partial charge on any atom is -0.508 e. The van der Waals surface area contributed by atoms with Gasteiger partial charge in [-0.15, -0.1) is 0 Å². The molecule has 3 N–H and O–H groups in total. The van der Waals surface area contributed by atoms with Gasteiger partial charge in [-0.1, -0.05) is 39.0 Å². The minimum absolute atomic E-state index is 0.0220. The highest BCUT2D eigenvalue weighted by molar-refractivity contribution is 6.01. The van der Waals surface area contributed by atoms with Crippen molar-refractivity contribution in [3.8, 4) is 11.5 Å². The quantitative estimate of drug-likeness (QED) is 0.453. The number of aromatic hydroxyl groups is 2. The Morgan fingerprint density at radius 3 is 2.27 bits per heavy atom. The fourth-order valence-corrected chi connectivity index (χ4v) is 2.48. The van der Waals surface area contributed by atoms with Crippen molar-refractivity contribution in [2.75, 3.05) is 0 Å². The molecule has 0 heterocycles. The Kier molecular flexibility index (Phi) is 7.43. The molecular weight excluding hydrogens is 284 g/mol. The number of benzene rings is 1. The third kappa shape index (κ3) is 5.76. The highest BCUT2D eigenvalue weighted by Crippen LogP contribution is 2.29. The lowest BCUT2D eigenvalue weighted by Crippen LogP contribution is -2.09. The van der Waals surface area contributed by atoms with Gasteiger partial charge in [-0.3, -0.25) is 9.59 Å². The smallest absolute Gasteiger partial charge is 0.307 e. The molecule has 0 atom stereocenters. The van der Waals surface area contributed by atoms with Crippen LogP contribution in [0.1, 0.15) is 67.8 Å². The molecule has 0 spiro atoms. The van der Waals surface area contributed by atoms with E-state index < -0.39 is 12.4 Å². The fraction of sp³-hybridized carbons (Fsp3) is 0.529. The van der Waals surface area contributed by atoms with Gasteiger partial charge in [0.25, 0.3) is 0 Å². The molecule has 0 fully saturated rings. The van der Waals surface area contributed by atoms with E-state index in [1.807, 2.05) is 0 Å². The maximum atomic E-state index is 12.2. The summed E-state index contributed by atoms with van der Waals surface area (Å²) in [6.45, 7) is 2.14. The molecule has 0 aliphatic heterocycles. The number of rotatable bonds is 10. The van der Waals surface area contributed by atoms with Crippen molar-refractivity contribution in [2.45, 2.75) is 58.3 Å². The first-order valence-electron chi connectivity index (χ1n) is 7.75. The first-order valence-corrected chi connectivity index (χ1v) is 7.75. The van der Waals surface area contributed by atoms with Gasteiger partial charge in [0.1, 0.15) is 11.5 Å². The summed E-state index contributed by atoms with van der Waals surface area (Å²) in [5, 5.41) is 28.2. The number of aliphatic carboxylic acids is 1. The van der Waals surface area contributed by atoms with Crippen molar-refractivity contribution < 1.29 is 24.9 Å². The Labute approximate surface area is 130 Å². The van der Waals surface area contributed by atoms with E-state index in [0.29, 0.717) is 0 Å². The van der Waals surface area contributed by atoms with Crippen LogP contribution in [-0.2, 0) is 11.2 Å². The zero-order valence-electron chi connectivity index (χ0n) is 13.0. The number of carbonyl (C=O) groups excluding carboxylic acids is 1. The summed E-state index contributed by atoms with van der Waals surface area (Å²) in [5.41, 5.74) is 0.176. The van der Waals surface area contributed by atoms with Gasteiger partial charge >= 0.3 is 5.97 Å². The molecule has 0 saturated heterocycles. The predicted molar refractivity (Wildman–Crippen MR) is 83.4 cm³/mol. The number of phenolic OH excluding ortho intramolecular Hbond substituents is 2. The largest absolute Gasteiger partial charge is 0.508 e. The van der Waals surface area contributed by atoms with Crippen molar-refractivity contribution in [3.63, 3.8) is 0 Å². The van der Waals surface area contributed by atoms with Crippen LogP contribution in [0.2, 0.25) is 0 Å². The second-order valence-electron chi connectivity index (χ2n) is 5.51. The predicted octanol–water partition coefficient (Wildman–Crippen LogP) is 3.66. The lowest BCUT2D eigenvalue weighted by atomic mass is 9.96. The molecule has 1 aromatic rings. The van der Waals surface area contributed by atoms with Gasteiger partial charge in [-0.2, -0.15) is 0 Å². The number of ketones is 1. The average molecular weight is 308 g/mol. The number of hydrogen-bond donors (Lipinski definition) is 3. The monoisotopic (exact) mass is 308 g/mol. The molecular formula is C17H24O5. The van der Waals surface area contributed by atoms with E-state index in [0.717, 1.165) is 31.7 Å². The SMILES string of the molecule is CCCCCCCCC(=O)c1c(O)cc(O)cc1CC(=O)O. The maximum Gasteiger partial charge on any atom is 0.307 e. The lowest BCUT2D eigenvalue weighted by Gasteiger charge is -2.10. The Morgan fingerprint density at radius 2 is 1.64 bits per heavy atom. The fourth-order valence-electron chi connectivity index (χ4n) is 2.48. The van der Waals surface area contributed by atoms with Crippen molar-refractivity contribution in [1.29, 1.82) is 0 Å². The second kappa shape index (κ2) is 9.07. The number of carboxylic acid groups (broad SMARTS) is 1. The molecule has 122 valence electrons. The molecule has 1 rings (SSSR count). The number of Topliss-reactive ketones (excluding diaryl/α,β-unsaturated/α-hetero) is 1. The number of hydrogen-bond acceptors (Lipinski definition) is 4. The lowest BCUT2D eigenvalue weighted by molar-refractivity contribution is -0.136. The van der Waals surface area contributed by atoms with Crippen molar-refractivity contribution >= 4 is 11.8 Å². The summed E-state index contributed by atoms with van der Waals surface area (Å²) < 4.78 is 0. The Balaban J connectivity index is 2.69. The van der Waals surface area contributed by atoms with Crippen LogP contribution in [-0.4, -0.2) is 27.1 Å². The topological polar surface area (TPSA) is 94.8 Å². The maximum absolute atomic E-state index is 12.2. The van der Waals surface area contributed by atoms with Crippen molar-refractivity contribution in [1.82, 2.24) is 0 Å². The van der Waals surface area contributed by atoms with Crippen LogP contribution in [0.15, 0.2) is 12.1 Å². The molecule has 0 aliphatic rings. The summed E-state index contributed by atoms with van der Waals surface area (Å²) >= 11 is 0. The third-order valence-electron chi connectivity index (χ3n) is 3.56. The number of unbranched alkanes of at least 4 members (excludes halogenated alkanes) is 5. The van der Waals surface area contributed by atoms with E-state index >= 15 is 0 Å². The summed E-state index contributed by atoms with van der Waals surface area (Å²) in [5.74, 6) is -1.99.